The maximum Gasteiger partial charge on any atom is 0.113 e. The van der Waals surface area contributed by atoms with E-state index in [2.05, 4.69) is 43.1 Å². The molecule has 2 nitrogen and oxygen atoms in total. The van der Waals surface area contributed by atoms with Gasteiger partial charge in [-0.05, 0) is 44.2 Å². The highest BCUT2D eigenvalue weighted by molar-refractivity contribution is 7.11. The zero-order valence-electron chi connectivity index (χ0n) is 10.9. The van der Waals surface area contributed by atoms with Gasteiger partial charge < -0.3 is 5.73 Å². The Kier molecular flexibility index (Phi) is 2.76. The van der Waals surface area contributed by atoms with Gasteiger partial charge in [0.25, 0.3) is 0 Å². The van der Waals surface area contributed by atoms with Crippen LogP contribution in [-0.4, -0.2) is 4.98 Å². The Bertz CT molecular complexity index is 568. The van der Waals surface area contributed by atoms with Crippen LogP contribution in [0.15, 0.2) is 24.3 Å². The second-order valence-corrected chi connectivity index (χ2v) is 6.47. The molecular formula is C15H18N2S. The molecule has 2 N–H and O–H groups in total. The van der Waals surface area contributed by atoms with Crippen molar-refractivity contribution in [3.05, 3.63) is 51.0 Å². The molecule has 2 aromatic rings. The van der Waals surface area contributed by atoms with E-state index in [1.54, 1.807) is 11.3 Å². The van der Waals surface area contributed by atoms with Gasteiger partial charge in [0.05, 0.1) is 11.2 Å². The van der Waals surface area contributed by atoms with Gasteiger partial charge in [-0.3, -0.25) is 0 Å². The second-order valence-electron chi connectivity index (χ2n) is 5.26. The molecule has 94 valence electrons. The first-order chi connectivity index (χ1) is 8.58. The average molecular weight is 258 g/mol. The molecule has 0 saturated heterocycles. The molecule has 3 rings (SSSR count). The summed E-state index contributed by atoms with van der Waals surface area (Å²) in [6.07, 6.45) is 2.97. The van der Waals surface area contributed by atoms with Gasteiger partial charge in [0.15, 0.2) is 0 Å². The summed E-state index contributed by atoms with van der Waals surface area (Å²) in [6, 6.07) is 8.62. The SMILES string of the molecule is Cc1nc(C2(N)CCc3ccccc3C2)sc1C. The molecule has 18 heavy (non-hydrogen) atoms. The minimum absolute atomic E-state index is 0.266. The van der Waals surface area contributed by atoms with E-state index in [0.29, 0.717) is 0 Å². The van der Waals surface area contributed by atoms with E-state index in [1.165, 1.54) is 16.0 Å². The van der Waals surface area contributed by atoms with E-state index in [1.807, 2.05) is 0 Å². The molecule has 1 heterocycles. The maximum absolute atomic E-state index is 6.63. The normalized spacial score (nSPS) is 22.8. The summed E-state index contributed by atoms with van der Waals surface area (Å²) in [5, 5.41) is 1.10. The highest BCUT2D eigenvalue weighted by atomic mass is 32.1. The van der Waals surface area contributed by atoms with Crippen molar-refractivity contribution in [3.63, 3.8) is 0 Å². The molecule has 0 bridgehead atoms. The predicted molar refractivity (Wildman–Crippen MR) is 75.9 cm³/mol. The number of hydrogen-bond donors (Lipinski definition) is 1. The molecule has 0 amide bonds. The highest BCUT2D eigenvalue weighted by Gasteiger charge is 2.34. The first-order valence-corrected chi connectivity index (χ1v) is 7.20. The summed E-state index contributed by atoms with van der Waals surface area (Å²) in [5.41, 5.74) is 10.3. The van der Waals surface area contributed by atoms with Crippen LogP contribution in [0.1, 0.15) is 33.1 Å². The summed E-state index contributed by atoms with van der Waals surface area (Å²) < 4.78 is 0. The monoisotopic (exact) mass is 258 g/mol. The van der Waals surface area contributed by atoms with Gasteiger partial charge >= 0.3 is 0 Å². The molecule has 3 heteroatoms. The van der Waals surface area contributed by atoms with Crippen molar-refractivity contribution in [2.45, 2.75) is 38.6 Å². The van der Waals surface area contributed by atoms with Crippen LogP contribution in [-0.2, 0) is 18.4 Å². The summed E-state index contributed by atoms with van der Waals surface area (Å²) >= 11 is 1.76. The zero-order chi connectivity index (χ0) is 12.8. The fourth-order valence-electron chi connectivity index (χ4n) is 2.63. The van der Waals surface area contributed by atoms with Crippen LogP contribution in [0.4, 0.5) is 0 Å². The van der Waals surface area contributed by atoms with Crippen LogP contribution in [0.3, 0.4) is 0 Å². The van der Waals surface area contributed by atoms with Crippen molar-refractivity contribution in [2.75, 3.05) is 0 Å². The topological polar surface area (TPSA) is 38.9 Å². The summed E-state index contributed by atoms with van der Waals surface area (Å²) in [7, 11) is 0. The fraction of sp³-hybridized carbons (Fsp3) is 0.400. The van der Waals surface area contributed by atoms with Crippen molar-refractivity contribution in [1.82, 2.24) is 4.98 Å². The molecule has 0 spiro atoms. The average Bonchev–Trinajstić information content (AvgIpc) is 2.70. The number of hydrogen-bond acceptors (Lipinski definition) is 3. The van der Waals surface area contributed by atoms with Crippen molar-refractivity contribution >= 4 is 11.3 Å². The lowest BCUT2D eigenvalue weighted by Gasteiger charge is -2.33. The summed E-state index contributed by atoms with van der Waals surface area (Å²) in [6.45, 7) is 4.19. The Morgan fingerprint density at radius 3 is 2.61 bits per heavy atom. The third-order valence-electron chi connectivity index (χ3n) is 3.92. The van der Waals surface area contributed by atoms with E-state index >= 15 is 0 Å². The van der Waals surface area contributed by atoms with E-state index in [0.717, 1.165) is 30.0 Å². The van der Waals surface area contributed by atoms with E-state index in [4.69, 9.17) is 5.73 Å². The minimum Gasteiger partial charge on any atom is -0.319 e. The van der Waals surface area contributed by atoms with Gasteiger partial charge in [0, 0.05) is 4.88 Å². The molecular weight excluding hydrogens is 240 g/mol. The lowest BCUT2D eigenvalue weighted by molar-refractivity contribution is 0.383. The van der Waals surface area contributed by atoms with Gasteiger partial charge in [-0.1, -0.05) is 24.3 Å². The largest absolute Gasteiger partial charge is 0.319 e. The van der Waals surface area contributed by atoms with Crippen LogP contribution in [0.2, 0.25) is 0 Å². The number of aromatic nitrogens is 1. The standard InChI is InChI=1S/C15H18N2S/c1-10-11(2)18-14(17-10)15(16)8-7-12-5-3-4-6-13(12)9-15/h3-6H,7-9,16H2,1-2H3. The highest BCUT2D eigenvalue weighted by Crippen LogP contribution is 2.36. The van der Waals surface area contributed by atoms with Crippen molar-refractivity contribution < 1.29 is 0 Å². The number of nitrogens with two attached hydrogens (primary N) is 1. The smallest absolute Gasteiger partial charge is 0.113 e. The number of fused-ring (bicyclic) bond motifs is 1. The summed E-state index contributed by atoms with van der Waals surface area (Å²) in [5.74, 6) is 0. The molecule has 1 aromatic carbocycles. The Labute approximate surface area is 112 Å². The van der Waals surface area contributed by atoms with Gasteiger partial charge in [-0.15, -0.1) is 11.3 Å². The third-order valence-corrected chi connectivity index (χ3v) is 5.21. The van der Waals surface area contributed by atoms with Crippen molar-refractivity contribution in [3.8, 4) is 0 Å². The fourth-order valence-corrected chi connectivity index (χ4v) is 3.67. The molecule has 1 aliphatic carbocycles. The van der Waals surface area contributed by atoms with Gasteiger partial charge in [0.1, 0.15) is 5.01 Å². The van der Waals surface area contributed by atoms with Crippen LogP contribution in [0, 0.1) is 13.8 Å². The quantitative estimate of drug-likeness (QED) is 0.853. The Hall–Kier alpha value is -1.19. The Balaban J connectivity index is 1.98. The van der Waals surface area contributed by atoms with Crippen molar-refractivity contribution in [2.24, 2.45) is 5.73 Å². The first kappa shape index (κ1) is 11.9. The second kappa shape index (κ2) is 4.18. The molecule has 1 aliphatic rings. The van der Waals surface area contributed by atoms with Crippen LogP contribution in [0.25, 0.3) is 0 Å². The number of nitrogens with zero attached hydrogens (tertiary/aromatic N) is 1. The van der Waals surface area contributed by atoms with Crippen LogP contribution >= 0.6 is 11.3 Å². The number of thiazole rings is 1. The Morgan fingerprint density at radius 2 is 1.94 bits per heavy atom. The molecule has 0 fully saturated rings. The number of benzene rings is 1. The molecule has 0 aliphatic heterocycles. The minimum atomic E-state index is -0.266. The van der Waals surface area contributed by atoms with E-state index in [-0.39, 0.29) is 5.54 Å². The Morgan fingerprint density at radius 1 is 1.22 bits per heavy atom. The maximum atomic E-state index is 6.63. The van der Waals surface area contributed by atoms with Crippen molar-refractivity contribution in [1.29, 1.82) is 0 Å². The lowest BCUT2D eigenvalue weighted by Crippen LogP contribution is -2.42. The molecule has 1 unspecified atom stereocenters. The lowest BCUT2D eigenvalue weighted by atomic mass is 9.79. The number of rotatable bonds is 1. The number of aryl methyl sites for hydroxylation is 3. The van der Waals surface area contributed by atoms with Gasteiger partial charge in [-0.2, -0.15) is 0 Å². The molecule has 0 radical (unpaired) electrons. The van der Waals surface area contributed by atoms with E-state index in [9.17, 15) is 0 Å². The van der Waals surface area contributed by atoms with E-state index < -0.39 is 0 Å². The van der Waals surface area contributed by atoms with Crippen LogP contribution in [0.5, 0.6) is 0 Å². The van der Waals surface area contributed by atoms with Crippen LogP contribution < -0.4 is 5.73 Å². The predicted octanol–water partition coefficient (Wildman–Crippen LogP) is 3.10. The summed E-state index contributed by atoms with van der Waals surface area (Å²) in [4.78, 5) is 5.96. The van der Waals surface area contributed by atoms with Gasteiger partial charge in [-0.25, -0.2) is 4.98 Å². The molecule has 0 saturated carbocycles. The third kappa shape index (κ3) is 1.88. The molecule has 1 aromatic heterocycles. The molecule has 1 atom stereocenters. The first-order valence-electron chi connectivity index (χ1n) is 6.39. The zero-order valence-corrected chi connectivity index (χ0v) is 11.7. The van der Waals surface area contributed by atoms with Gasteiger partial charge in [0.2, 0.25) is 0 Å².